The van der Waals surface area contributed by atoms with Crippen molar-refractivity contribution in [2.75, 3.05) is 13.2 Å². The lowest BCUT2D eigenvalue weighted by Gasteiger charge is -2.09. The van der Waals surface area contributed by atoms with E-state index in [2.05, 4.69) is 64.5 Å². The highest BCUT2D eigenvalue weighted by molar-refractivity contribution is 9.10. The summed E-state index contributed by atoms with van der Waals surface area (Å²) in [6, 6.07) is 27.1. The van der Waals surface area contributed by atoms with Crippen LogP contribution in [0.15, 0.2) is 93.3 Å². The SMILES string of the molecule is Brc1c(C2=N[C@@H](Cc3ccccc3)CO2)cccc1C1=N[C@@H](Cc2ccccc2)CO1. The first-order valence-electron chi connectivity index (χ1n) is 10.5. The van der Waals surface area contributed by atoms with Crippen LogP contribution < -0.4 is 0 Å². The van der Waals surface area contributed by atoms with Crippen LogP contribution in [0.2, 0.25) is 0 Å². The second-order valence-electron chi connectivity index (χ2n) is 7.84. The lowest BCUT2D eigenvalue weighted by molar-refractivity contribution is 0.316. The number of hydrogen-bond acceptors (Lipinski definition) is 4. The van der Waals surface area contributed by atoms with Crippen molar-refractivity contribution in [2.24, 2.45) is 9.98 Å². The zero-order valence-corrected chi connectivity index (χ0v) is 18.7. The van der Waals surface area contributed by atoms with Crippen molar-refractivity contribution >= 4 is 27.7 Å². The number of halogens is 1. The maximum Gasteiger partial charge on any atom is 0.217 e. The average Bonchev–Trinajstić information content (AvgIpc) is 3.45. The summed E-state index contributed by atoms with van der Waals surface area (Å²) in [6.45, 7) is 1.19. The van der Waals surface area contributed by atoms with Crippen molar-refractivity contribution < 1.29 is 9.47 Å². The van der Waals surface area contributed by atoms with Gasteiger partial charge in [0, 0.05) is 4.47 Å². The molecule has 2 atom stereocenters. The quantitative estimate of drug-likeness (QED) is 0.491. The van der Waals surface area contributed by atoms with Crippen molar-refractivity contribution in [1.82, 2.24) is 0 Å². The van der Waals surface area contributed by atoms with E-state index in [1.165, 1.54) is 11.1 Å². The van der Waals surface area contributed by atoms with Crippen LogP contribution in [0.3, 0.4) is 0 Å². The highest BCUT2D eigenvalue weighted by Gasteiger charge is 2.26. The largest absolute Gasteiger partial charge is 0.475 e. The van der Waals surface area contributed by atoms with Gasteiger partial charge in [-0.05, 0) is 52.0 Å². The smallest absolute Gasteiger partial charge is 0.217 e. The molecule has 2 heterocycles. The summed E-state index contributed by atoms with van der Waals surface area (Å²) < 4.78 is 12.8. The molecule has 0 radical (unpaired) electrons. The van der Waals surface area contributed by atoms with E-state index >= 15 is 0 Å². The van der Waals surface area contributed by atoms with Gasteiger partial charge in [0.1, 0.15) is 13.2 Å². The predicted octanol–water partition coefficient (Wildman–Crippen LogP) is 5.23. The zero-order chi connectivity index (χ0) is 21.0. The summed E-state index contributed by atoms with van der Waals surface area (Å²) >= 11 is 3.75. The number of nitrogens with zero attached hydrogens (tertiary/aromatic N) is 2. The van der Waals surface area contributed by atoms with E-state index in [0.717, 1.165) is 28.4 Å². The van der Waals surface area contributed by atoms with Crippen molar-refractivity contribution in [3.05, 3.63) is 106 Å². The Hall–Kier alpha value is -2.92. The Bertz CT molecular complexity index is 1030. The summed E-state index contributed by atoms with van der Waals surface area (Å²) in [5.74, 6) is 1.35. The second kappa shape index (κ2) is 9.06. The van der Waals surface area contributed by atoms with Gasteiger partial charge in [0.15, 0.2) is 0 Å². The fraction of sp³-hybridized carbons (Fsp3) is 0.231. The van der Waals surface area contributed by atoms with E-state index in [1.54, 1.807) is 0 Å². The fourth-order valence-corrected chi connectivity index (χ4v) is 4.57. The lowest BCUT2D eigenvalue weighted by atomic mass is 10.1. The van der Waals surface area contributed by atoms with Crippen LogP contribution >= 0.6 is 15.9 Å². The third kappa shape index (κ3) is 4.57. The molecule has 156 valence electrons. The zero-order valence-electron chi connectivity index (χ0n) is 17.1. The topological polar surface area (TPSA) is 43.2 Å². The van der Waals surface area contributed by atoms with Gasteiger partial charge in [0.2, 0.25) is 11.8 Å². The molecule has 0 saturated heterocycles. The first-order chi connectivity index (χ1) is 15.3. The van der Waals surface area contributed by atoms with Crippen LogP contribution in [0.25, 0.3) is 0 Å². The molecular formula is C26H23BrN2O2. The molecular weight excluding hydrogens is 452 g/mol. The molecule has 0 N–H and O–H groups in total. The van der Waals surface area contributed by atoms with Gasteiger partial charge in [-0.15, -0.1) is 0 Å². The van der Waals surface area contributed by atoms with Gasteiger partial charge in [-0.3, -0.25) is 0 Å². The number of hydrogen-bond donors (Lipinski definition) is 0. The molecule has 0 saturated carbocycles. The summed E-state index contributed by atoms with van der Waals surface area (Å²) in [6.07, 6.45) is 1.75. The monoisotopic (exact) mass is 474 g/mol. The summed E-state index contributed by atoms with van der Waals surface area (Å²) in [5, 5.41) is 0. The lowest BCUT2D eigenvalue weighted by Crippen LogP contribution is -2.10. The van der Waals surface area contributed by atoms with Crippen LogP contribution in [0.4, 0.5) is 0 Å². The van der Waals surface area contributed by atoms with E-state index < -0.39 is 0 Å². The van der Waals surface area contributed by atoms with E-state index in [-0.39, 0.29) is 12.1 Å². The maximum absolute atomic E-state index is 5.96. The first kappa shape index (κ1) is 20.0. The highest BCUT2D eigenvalue weighted by atomic mass is 79.9. The number of ether oxygens (including phenoxy) is 2. The summed E-state index contributed by atoms with van der Waals surface area (Å²) in [4.78, 5) is 9.67. The molecule has 0 fully saturated rings. The number of rotatable bonds is 6. The third-order valence-corrected chi connectivity index (χ3v) is 6.37. The summed E-state index contributed by atoms with van der Waals surface area (Å²) in [5.41, 5.74) is 4.41. The molecule has 3 aromatic rings. The minimum absolute atomic E-state index is 0.128. The molecule has 0 aromatic heterocycles. The fourth-order valence-electron chi connectivity index (χ4n) is 3.97. The minimum Gasteiger partial charge on any atom is -0.475 e. The minimum atomic E-state index is 0.128. The Kier molecular flexibility index (Phi) is 5.85. The van der Waals surface area contributed by atoms with Crippen molar-refractivity contribution in [1.29, 1.82) is 0 Å². The Morgan fingerprint density at radius 2 is 1.10 bits per heavy atom. The van der Waals surface area contributed by atoms with Gasteiger partial charge in [0.05, 0.1) is 23.2 Å². The molecule has 2 aliphatic rings. The average molecular weight is 475 g/mol. The highest BCUT2D eigenvalue weighted by Crippen LogP contribution is 2.28. The van der Waals surface area contributed by atoms with Crippen LogP contribution in [-0.2, 0) is 22.3 Å². The van der Waals surface area contributed by atoms with Gasteiger partial charge >= 0.3 is 0 Å². The van der Waals surface area contributed by atoms with Gasteiger partial charge in [-0.2, -0.15) is 0 Å². The Balaban J connectivity index is 1.34. The normalized spacial score (nSPS) is 20.0. The maximum atomic E-state index is 5.96. The van der Waals surface area contributed by atoms with Gasteiger partial charge in [-0.25, -0.2) is 9.98 Å². The van der Waals surface area contributed by atoms with Crippen LogP contribution in [0.5, 0.6) is 0 Å². The number of benzene rings is 3. The molecule has 2 aliphatic heterocycles. The molecule has 4 nitrogen and oxygen atoms in total. The summed E-state index contributed by atoms with van der Waals surface area (Å²) in [7, 11) is 0. The van der Waals surface area contributed by atoms with E-state index in [0.29, 0.717) is 25.0 Å². The van der Waals surface area contributed by atoms with Gasteiger partial charge < -0.3 is 9.47 Å². The van der Waals surface area contributed by atoms with Gasteiger partial charge in [0.25, 0.3) is 0 Å². The molecule has 5 rings (SSSR count). The molecule has 5 heteroatoms. The number of aliphatic imine (C=N–C) groups is 2. The second-order valence-corrected chi connectivity index (χ2v) is 8.64. The molecule has 0 bridgehead atoms. The van der Waals surface area contributed by atoms with E-state index in [1.807, 2.05) is 30.3 Å². The van der Waals surface area contributed by atoms with Crippen molar-refractivity contribution in [2.45, 2.75) is 24.9 Å². The Morgan fingerprint density at radius 3 is 1.55 bits per heavy atom. The molecule has 0 aliphatic carbocycles. The molecule has 3 aromatic carbocycles. The first-order valence-corrected chi connectivity index (χ1v) is 11.3. The van der Waals surface area contributed by atoms with Crippen LogP contribution in [0, 0.1) is 0 Å². The third-order valence-electron chi connectivity index (χ3n) is 5.51. The molecule has 31 heavy (non-hydrogen) atoms. The van der Waals surface area contributed by atoms with E-state index in [4.69, 9.17) is 19.5 Å². The molecule has 0 unspecified atom stereocenters. The van der Waals surface area contributed by atoms with Crippen molar-refractivity contribution in [3.8, 4) is 0 Å². The molecule has 0 spiro atoms. The predicted molar refractivity (Wildman–Crippen MR) is 127 cm³/mol. The Labute approximate surface area is 190 Å². The van der Waals surface area contributed by atoms with Gasteiger partial charge in [-0.1, -0.05) is 66.7 Å². The standard InChI is InChI=1S/C26H23BrN2O2/c27-24-22(25-28-20(16-30-25)14-18-8-3-1-4-9-18)12-7-13-23(24)26-29-21(17-31-26)15-19-10-5-2-6-11-19/h1-13,20-21H,14-17H2/t20-,21-/m0/s1. The van der Waals surface area contributed by atoms with Crippen LogP contribution in [-0.4, -0.2) is 37.1 Å². The molecule has 0 amide bonds. The van der Waals surface area contributed by atoms with Crippen molar-refractivity contribution in [3.63, 3.8) is 0 Å². The Morgan fingerprint density at radius 1 is 0.645 bits per heavy atom. The van der Waals surface area contributed by atoms with E-state index in [9.17, 15) is 0 Å². The van der Waals surface area contributed by atoms with Crippen LogP contribution in [0.1, 0.15) is 22.3 Å².